The summed E-state index contributed by atoms with van der Waals surface area (Å²) in [5, 5.41) is 3.62. The second kappa shape index (κ2) is 6.28. The minimum atomic E-state index is -0.765. The van der Waals surface area contributed by atoms with Gasteiger partial charge in [-0.2, -0.15) is 0 Å². The Bertz CT molecular complexity index is 390. The molecular formula is C15H21F2N. The Morgan fingerprint density at radius 2 is 1.94 bits per heavy atom. The molecule has 1 aliphatic rings. The molecule has 0 spiro atoms. The van der Waals surface area contributed by atoms with E-state index in [1.54, 1.807) is 6.07 Å². The second-order valence-electron chi connectivity index (χ2n) is 5.23. The van der Waals surface area contributed by atoms with Crippen LogP contribution in [-0.4, -0.2) is 12.1 Å². The first-order chi connectivity index (χ1) is 8.69. The predicted molar refractivity (Wildman–Crippen MR) is 69.5 cm³/mol. The Morgan fingerprint density at radius 3 is 2.67 bits per heavy atom. The van der Waals surface area contributed by atoms with E-state index in [0.29, 0.717) is 12.1 Å². The summed E-state index contributed by atoms with van der Waals surface area (Å²) < 4.78 is 26.0. The van der Waals surface area contributed by atoms with Gasteiger partial charge in [0.1, 0.15) is 0 Å². The van der Waals surface area contributed by atoms with Gasteiger partial charge in [0.2, 0.25) is 0 Å². The summed E-state index contributed by atoms with van der Waals surface area (Å²) in [6.07, 6.45) is 6.77. The average molecular weight is 253 g/mol. The summed E-state index contributed by atoms with van der Waals surface area (Å²) >= 11 is 0. The van der Waals surface area contributed by atoms with E-state index in [4.69, 9.17) is 0 Å². The molecule has 0 amide bonds. The number of nitrogens with one attached hydrogen (secondary N) is 1. The van der Waals surface area contributed by atoms with Crippen LogP contribution in [0.15, 0.2) is 18.2 Å². The van der Waals surface area contributed by atoms with Gasteiger partial charge in [0.15, 0.2) is 11.6 Å². The number of rotatable bonds is 4. The van der Waals surface area contributed by atoms with Crippen molar-refractivity contribution in [2.45, 2.75) is 57.5 Å². The molecule has 3 heteroatoms. The largest absolute Gasteiger partial charge is 0.311 e. The quantitative estimate of drug-likeness (QED) is 0.860. The van der Waals surface area contributed by atoms with E-state index in [2.05, 4.69) is 12.2 Å². The molecule has 1 aromatic rings. The first-order valence-electron chi connectivity index (χ1n) is 6.89. The summed E-state index contributed by atoms with van der Waals surface area (Å²) in [6, 6.07) is 5.22. The fourth-order valence-corrected chi connectivity index (χ4v) is 2.80. The summed E-state index contributed by atoms with van der Waals surface area (Å²) in [7, 11) is 0. The zero-order valence-electron chi connectivity index (χ0n) is 10.9. The SMILES string of the molecule is CCC[C@H]1CCCC(Cc2ccc(F)c(F)c2)N1. The molecule has 1 aliphatic heterocycles. The maximum Gasteiger partial charge on any atom is 0.159 e. The van der Waals surface area contributed by atoms with Gasteiger partial charge in [0, 0.05) is 12.1 Å². The van der Waals surface area contributed by atoms with Gasteiger partial charge in [-0.25, -0.2) is 8.78 Å². The van der Waals surface area contributed by atoms with Crippen LogP contribution >= 0.6 is 0 Å². The lowest BCUT2D eigenvalue weighted by molar-refractivity contribution is 0.304. The normalized spacial score (nSPS) is 24.2. The average Bonchev–Trinajstić information content (AvgIpc) is 2.35. The van der Waals surface area contributed by atoms with Crippen molar-refractivity contribution in [1.82, 2.24) is 5.32 Å². The number of benzene rings is 1. The fourth-order valence-electron chi connectivity index (χ4n) is 2.80. The van der Waals surface area contributed by atoms with Gasteiger partial charge >= 0.3 is 0 Å². The van der Waals surface area contributed by atoms with E-state index < -0.39 is 11.6 Å². The molecule has 0 aliphatic carbocycles. The first kappa shape index (κ1) is 13.5. The van der Waals surface area contributed by atoms with Crippen LogP contribution in [0.1, 0.15) is 44.6 Å². The van der Waals surface area contributed by atoms with Crippen molar-refractivity contribution in [3.63, 3.8) is 0 Å². The molecule has 18 heavy (non-hydrogen) atoms. The van der Waals surface area contributed by atoms with Crippen molar-refractivity contribution in [3.8, 4) is 0 Å². The predicted octanol–water partition coefficient (Wildman–Crippen LogP) is 3.82. The highest BCUT2D eigenvalue weighted by molar-refractivity contribution is 5.19. The van der Waals surface area contributed by atoms with Crippen molar-refractivity contribution in [3.05, 3.63) is 35.4 Å². The molecule has 0 saturated carbocycles. The Hall–Kier alpha value is -0.960. The van der Waals surface area contributed by atoms with Crippen LogP contribution in [0.5, 0.6) is 0 Å². The van der Waals surface area contributed by atoms with Crippen LogP contribution in [0.3, 0.4) is 0 Å². The van der Waals surface area contributed by atoms with Crippen LogP contribution in [0, 0.1) is 11.6 Å². The standard InChI is InChI=1S/C15H21F2N/c1-2-4-12-5-3-6-13(18-12)9-11-7-8-14(16)15(17)10-11/h7-8,10,12-13,18H,2-6,9H2,1H3/t12-,13?/m0/s1. The molecule has 1 nitrogen and oxygen atoms in total. The van der Waals surface area contributed by atoms with Crippen molar-refractivity contribution in [2.75, 3.05) is 0 Å². The minimum absolute atomic E-state index is 0.403. The highest BCUT2D eigenvalue weighted by Gasteiger charge is 2.20. The number of piperidine rings is 1. The number of hydrogen-bond acceptors (Lipinski definition) is 1. The molecule has 1 unspecified atom stereocenters. The Labute approximate surface area is 108 Å². The van der Waals surface area contributed by atoms with Crippen molar-refractivity contribution >= 4 is 0 Å². The number of halogens is 2. The van der Waals surface area contributed by atoms with Gasteiger partial charge in [-0.05, 0) is 43.4 Å². The van der Waals surface area contributed by atoms with E-state index in [9.17, 15) is 8.78 Å². The zero-order valence-corrected chi connectivity index (χ0v) is 10.9. The van der Waals surface area contributed by atoms with Gasteiger partial charge in [-0.1, -0.05) is 25.8 Å². The molecule has 2 rings (SSSR count). The summed E-state index contributed by atoms with van der Waals surface area (Å²) in [5.41, 5.74) is 0.878. The van der Waals surface area contributed by atoms with Crippen LogP contribution < -0.4 is 5.32 Å². The van der Waals surface area contributed by atoms with Crippen molar-refractivity contribution < 1.29 is 8.78 Å². The molecule has 0 aromatic heterocycles. The lowest BCUT2D eigenvalue weighted by Gasteiger charge is -2.31. The summed E-state index contributed by atoms with van der Waals surface area (Å²) in [5.74, 6) is -1.51. The van der Waals surface area contributed by atoms with Crippen molar-refractivity contribution in [2.24, 2.45) is 0 Å². The van der Waals surface area contributed by atoms with E-state index in [-0.39, 0.29) is 0 Å². The third-order valence-corrected chi connectivity index (χ3v) is 3.68. The molecule has 1 saturated heterocycles. The molecule has 1 heterocycles. The van der Waals surface area contributed by atoms with Crippen LogP contribution in [0.25, 0.3) is 0 Å². The van der Waals surface area contributed by atoms with Gasteiger partial charge in [-0.3, -0.25) is 0 Å². The molecule has 1 aromatic carbocycles. The molecule has 1 fully saturated rings. The Balaban J connectivity index is 1.93. The van der Waals surface area contributed by atoms with Crippen molar-refractivity contribution in [1.29, 1.82) is 0 Å². The van der Waals surface area contributed by atoms with Crippen LogP contribution in [0.2, 0.25) is 0 Å². The van der Waals surface area contributed by atoms with Gasteiger partial charge in [-0.15, -0.1) is 0 Å². The Morgan fingerprint density at radius 1 is 1.17 bits per heavy atom. The maximum absolute atomic E-state index is 13.1. The molecule has 1 N–H and O–H groups in total. The third-order valence-electron chi connectivity index (χ3n) is 3.68. The molecule has 0 bridgehead atoms. The fraction of sp³-hybridized carbons (Fsp3) is 0.600. The van der Waals surface area contributed by atoms with E-state index in [0.717, 1.165) is 18.4 Å². The monoisotopic (exact) mass is 253 g/mol. The minimum Gasteiger partial charge on any atom is -0.311 e. The lowest BCUT2D eigenvalue weighted by Crippen LogP contribution is -2.43. The van der Waals surface area contributed by atoms with Gasteiger partial charge in [0.25, 0.3) is 0 Å². The van der Waals surface area contributed by atoms with Crippen LogP contribution in [0.4, 0.5) is 8.78 Å². The van der Waals surface area contributed by atoms with Crippen LogP contribution in [-0.2, 0) is 6.42 Å². The summed E-state index contributed by atoms with van der Waals surface area (Å²) in [6.45, 7) is 2.20. The molecule has 0 radical (unpaired) electrons. The topological polar surface area (TPSA) is 12.0 Å². The first-order valence-corrected chi connectivity index (χ1v) is 6.89. The van der Waals surface area contributed by atoms with Gasteiger partial charge in [0.05, 0.1) is 0 Å². The Kier molecular flexibility index (Phi) is 4.70. The number of hydrogen-bond donors (Lipinski definition) is 1. The molecule has 2 atom stereocenters. The van der Waals surface area contributed by atoms with E-state index >= 15 is 0 Å². The molecular weight excluding hydrogens is 232 g/mol. The lowest BCUT2D eigenvalue weighted by atomic mass is 9.92. The smallest absolute Gasteiger partial charge is 0.159 e. The third kappa shape index (κ3) is 3.52. The highest BCUT2D eigenvalue weighted by atomic mass is 19.2. The molecule has 100 valence electrons. The van der Waals surface area contributed by atoms with Gasteiger partial charge < -0.3 is 5.32 Å². The zero-order chi connectivity index (χ0) is 13.0. The summed E-state index contributed by atoms with van der Waals surface area (Å²) in [4.78, 5) is 0. The maximum atomic E-state index is 13.1. The van der Waals surface area contributed by atoms with E-state index in [1.165, 1.54) is 37.8 Å². The van der Waals surface area contributed by atoms with E-state index in [1.807, 2.05) is 0 Å². The second-order valence-corrected chi connectivity index (χ2v) is 5.23. The highest BCUT2D eigenvalue weighted by Crippen LogP contribution is 2.19.